The Bertz CT molecular complexity index is 3910. The summed E-state index contributed by atoms with van der Waals surface area (Å²) in [6, 6.07) is 25.9. The fourth-order valence-electron chi connectivity index (χ4n) is 19.8. The van der Waals surface area contributed by atoms with Crippen LogP contribution in [0.25, 0.3) is 16.5 Å². The highest BCUT2D eigenvalue weighted by Gasteiger charge is 2.70. The largest absolute Gasteiger partial charge is 0.508 e. The maximum atomic E-state index is 14.2. The Labute approximate surface area is 553 Å². The molecule has 3 saturated heterocycles. The number of phenols is 2. The molecule has 4 saturated carbocycles. The number of aliphatic carboxylic acids is 2. The molecule has 504 valence electrons. The van der Waals surface area contributed by atoms with Gasteiger partial charge in [-0.1, -0.05) is 80.4 Å². The lowest BCUT2D eigenvalue weighted by molar-refractivity contribution is -0.315. The Morgan fingerprint density at radius 3 is 2.05 bits per heavy atom. The van der Waals surface area contributed by atoms with Crippen molar-refractivity contribution in [3.63, 3.8) is 0 Å². The summed E-state index contributed by atoms with van der Waals surface area (Å²) in [6.45, 7) is 6.98. The molecule has 0 radical (unpaired) electrons. The number of benzene rings is 4. The lowest BCUT2D eigenvalue weighted by Crippen LogP contribution is -2.71. The molecule has 20 nitrogen and oxygen atoms in total. The number of rotatable bonds is 7. The summed E-state index contributed by atoms with van der Waals surface area (Å²) in [5, 5.41) is 89.3. The molecule has 2 unspecified atom stereocenters. The lowest BCUT2D eigenvalue weighted by atomic mass is 9.53. The van der Waals surface area contributed by atoms with Crippen molar-refractivity contribution in [1.82, 2.24) is 25.0 Å². The molecule has 3 amide bonds. The number of likely N-dealkylation sites (N-methyl/N-ethyl adjacent to an activating group) is 1. The first-order chi connectivity index (χ1) is 45.2. The van der Waals surface area contributed by atoms with E-state index in [1.165, 1.54) is 64.3 Å². The van der Waals surface area contributed by atoms with Crippen molar-refractivity contribution in [2.24, 2.45) is 40.4 Å². The smallest absolute Gasteiger partial charge is 0.335 e. The summed E-state index contributed by atoms with van der Waals surface area (Å²) in [6.07, 6.45) is 20.4. The number of aliphatic hydroxyl groups excluding tert-OH is 3. The van der Waals surface area contributed by atoms with Gasteiger partial charge in [0.1, 0.15) is 29.2 Å². The van der Waals surface area contributed by atoms with Gasteiger partial charge in [-0.3, -0.25) is 28.9 Å². The molecule has 20 heteroatoms. The highest BCUT2D eigenvalue weighted by Crippen LogP contribution is 2.65. The van der Waals surface area contributed by atoms with E-state index in [-0.39, 0.29) is 41.2 Å². The highest BCUT2D eigenvalue weighted by molar-refractivity contribution is 6.01. The number of H-pyrrole nitrogens is 1. The number of hydrogen-bond donors (Lipinski definition) is 11. The van der Waals surface area contributed by atoms with E-state index in [9.17, 15) is 49.5 Å². The molecular weight excluding hydrogens is 1210 g/mol. The molecule has 5 aromatic rings. The standard InChI is InChI=1S/C33H35N5O5.C20H24O2.C18H24O2.C4H6O6/c1-32(35-29(39)21-15-23-22-10-6-11-24-28(22)20(17-34-24)16-25(23)36(2)18-21)31(41)38-26(14-19-8-4-3-5-9-19)30(40)37-13-7-12-27(37)33(38,42)43-32;1-3-20(22)11-9-18-17-6-4-13-12-14(21)5-7-15(13)16(17)8-10-19(18,20)2;1-18-9-8-14-13-5-3-12(19)10-11(13)2-4-15(14)16(18)6-7-17(18)20;5-1(3(7)8)2(6)4(9)10/h3-6,8-11,15,17,21,25-27,34,42H,7,12-14,16,18H2,1-2H3,(H,35,39);1,5,7,12,16-18,21-22H,4,6,8-11H2,2H3;3,5,10,14-17,19-20H,2,4,6-9H2,1H3;1-2,5-6H,(H,7,8)(H,9,10)/t21-,25-,26+,27+,32-,33+;16-,17-,18+,19+,20+;14-,15-,16+,17+,18+;/m111./s1. The van der Waals surface area contributed by atoms with Crippen molar-refractivity contribution in [2.75, 3.05) is 20.1 Å². The Hall–Kier alpha value is -7.61. The first-order valence-corrected chi connectivity index (χ1v) is 34.0. The topological polar surface area (TPSA) is 314 Å². The van der Waals surface area contributed by atoms with Crippen LogP contribution in [0.5, 0.6) is 11.5 Å². The van der Waals surface area contributed by atoms with Gasteiger partial charge in [-0.25, -0.2) is 9.59 Å². The normalized spacial score (nSPS) is 35.7. The molecular formula is C75H89N5O15. The Balaban J connectivity index is 0.000000131. The number of ether oxygens (including phenoxy) is 1. The van der Waals surface area contributed by atoms with Crippen LogP contribution in [0.3, 0.4) is 0 Å². The summed E-state index contributed by atoms with van der Waals surface area (Å²) in [5.41, 5.74) is 8.27. The first-order valence-electron chi connectivity index (χ1n) is 34.0. The zero-order chi connectivity index (χ0) is 67.4. The number of terminal acetylenes is 1. The second-order valence-electron chi connectivity index (χ2n) is 29.6. The van der Waals surface area contributed by atoms with Gasteiger partial charge in [-0.2, -0.15) is 0 Å². The molecule has 4 aliphatic heterocycles. The van der Waals surface area contributed by atoms with Crippen LogP contribution < -0.4 is 5.32 Å². The second-order valence-corrected chi connectivity index (χ2v) is 29.6. The molecule has 4 aromatic carbocycles. The summed E-state index contributed by atoms with van der Waals surface area (Å²) in [5.74, 6) is 0.00281. The number of fused-ring (bicyclic) bond motifs is 15. The molecule has 0 bridgehead atoms. The number of amides is 3. The molecule has 11 aliphatic rings. The van der Waals surface area contributed by atoms with E-state index in [0.717, 1.165) is 92.3 Å². The number of carbonyl (C=O) groups is 5. The van der Waals surface area contributed by atoms with E-state index in [0.29, 0.717) is 67.0 Å². The van der Waals surface area contributed by atoms with Gasteiger partial charge in [-0.15, -0.1) is 6.42 Å². The number of nitrogens with zero attached hydrogens (tertiary/aromatic N) is 3. The predicted molar refractivity (Wildman–Crippen MR) is 351 cm³/mol. The number of aryl methyl sites for hydroxylation is 2. The third-order valence-electron chi connectivity index (χ3n) is 24.7. The zero-order valence-electron chi connectivity index (χ0n) is 54.4. The number of carboxylic acids is 2. The average molecular weight is 1300 g/mol. The van der Waals surface area contributed by atoms with Gasteiger partial charge in [0.2, 0.25) is 17.5 Å². The van der Waals surface area contributed by atoms with E-state index < -0.39 is 65.3 Å². The first kappa shape index (κ1) is 66.0. The van der Waals surface area contributed by atoms with E-state index in [2.05, 4.69) is 65.4 Å². The van der Waals surface area contributed by atoms with Crippen molar-refractivity contribution in [2.45, 2.75) is 189 Å². The minimum absolute atomic E-state index is 0.0883. The summed E-state index contributed by atoms with van der Waals surface area (Å²) < 4.78 is 6.23. The van der Waals surface area contributed by atoms with Gasteiger partial charge in [0.15, 0.2) is 12.2 Å². The summed E-state index contributed by atoms with van der Waals surface area (Å²) in [4.78, 5) is 69.8. The third kappa shape index (κ3) is 11.1. The summed E-state index contributed by atoms with van der Waals surface area (Å²) >= 11 is 0. The number of aromatic amines is 1. The highest BCUT2D eigenvalue weighted by atomic mass is 16.7. The van der Waals surface area contributed by atoms with Gasteiger partial charge in [0.05, 0.1) is 12.0 Å². The molecule has 7 aliphatic carbocycles. The quantitative estimate of drug-likeness (QED) is 0.0725. The van der Waals surface area contributed by atoms with E-state index in [4.69, 9.17) is 31.6 Å². The predicted octanol–water partition coefficient (Wildman–Crippen LogP) is 7.09. The molecule has 95 heavy (non-hydrogen) atoms. The van der Waals surface area contributed by atoms with Gasteiger partial charge >= 0.3 is 11.9 Å². The number of nitrogens with one attached hydrogen (secondary N) is 2. The average Bonchev–Trinajstić information content (AvgIpc) is 1.56. The number of hydrogen-bond acceptors (Lipinski definition) is 14. The molecule has 5 heterocycles. The van der Waals surface area contributed by atoms with Crippen LogP contribution in [0, 0.1) is 52.8 Å². The van der Waals surface area contributed by atoms with Crippen LogP contribution in [0.4, 0.5) is 0 Å². The van der Waals surface area contributed by atoms with Crippen molar-refractivity contribution in [3.8, 4) is 23.8 Å². The van der Waals surface area contributed by atoms with Crippen molar-refractivity contribution >= 4 is 46.1 Å². The number of carboxylic acid groups (broad SMARTS) is 2. The molecule has 7 fully saturated rings. The lowest BCUT2D eigenvalue weighted by Gasteiger charge is -2.52. The Kier molecular flexibility index (Phi) is 17.2. The van der Waals surface area contributed by atoms with E-state index in [1.54, 1.807) is 4.90 Å². The van der Waals surface area contributed by atoms with Crippen molar-refractivity contribution < 1.29 is 74.7 Å². The number of carbonyl (C=O) groups excluding carboxylic acids is 3. The summed E-state index contributed by atoms with van der Waals surface area (Å²) in [7, 11) is 2.02. The van der Waals surface area contributed by atoms with E-state index >= 15 is 0 Å². The minimum Gasteiger partial charge on any atom is -0.508 e. The Morgan fingerprint density at radius 2 is 1.41 bits per heavy atom. The number of aromatic hydroxyl groups is 2. The van der Waals surface area contributed by atoms with Crippen LogP contribution in [0.1, 0.15) is 149 Å². The molecule has 1 aromatic heterocycles. The fourth-order valence-corrected chi connectivity index (χ4v) is 19.8. The fraction of sp³-hybridized carbons (Fsp3) is 0.533. The monoisotopic (exact) mass is 1300 g/mol. The minimum atomic E-state index is -2.27. The molecule has 18 atom stereocenters. The molecule has 11 N–H and O–H groups in total. The Morgan fingerprint density at radius 1 is 0.768 bits per heavy atom. The number of aromatic nitrogens is 1. The van der Waals surface area contributed by atoms with Gasteiger partial charge in [0.25, 0.3) is 11.8 Å². The molecule has 0 spiro atoms. The van der Waals surface area contributed by atoms with Crippen molar-refractivity contribution in [1.29, 1.82) is 0 Å². The van der Waals surface area contributed by atoms with Crippen LogP contribution >= 0.6 is 0 Å². The SMILES string of the molecule is C#C[C@]1(O)CC[C@H]2[C@@H]3CCc4cc(O)ccc4[C@H]3CC[C@@]21C.CN1C[C@H](C(=O)N[C@]2(C)O[C@@]3(O)[C@@H]4CCCN4C(=O)[C@H](Cc4ccccc4)N3C2=O)C=C2c3cccc4[nH]cc(c34)C[C@H]21.C[C@]12CC[C@@H]3c4ccc(O)cc4CC[C@H]3[C@@H]1CC[C@@H]2O.O=C(O)C(O)C(O)C(=O)O. The van der Waals surface area contributed by atoms with Crippen LogP contribution in [0.15, 0.2) is 97.2 Å². The van der Waals surface area contributed by atoms with Gasteiger partial charge < -0.3 is 61.2 Å². The third-order valence-corrected chi connectivity index (χ3v) is 24.7. The molecule has 16 rings (SSSR count). The number of aliphatic hydroxyl groups is 5. The van der Waals surface area contributed by atoms with Crippen LogP contribution in [-0.2, 0) is 54.4 Å². The van der Waals surface area contributed by atoms with Gasteiger partial charge in [0, 0.05) is 48.1 Å². The number of phenolic OH excluding ortho intramolecular Hbond substituents is 2. The maximum Gasteiger partial charge on any atom is 0.335 e. The van der Waals surface area contributed by atoms with Crippen molar-refractivity contribution in [3.05, 3.63) is 136 Å². The van der Waals surface area contributed by atoms with E-state index in [1.807, 2.05) is 73.8 Å². The zero-order valence-corrected chi connectivity index (χ0v) is 54.4. The maximum absolute atomic E-state index is 14.2. The van der Waals surface area contributed by atoms with Crippen LogP contribution in [-0.4, -0.2) is 169 Å². The second kappa shape index (κ2) is 24.8. The van der Waals surface area contributed by atoms with Crippen LogP contribution in [0.2, 0.25) is 0 Å². The number of piperazine rings is 1. The van der Waals surface area contributed by atoms with Gasteiger partial charge in [-0.05, 0) is 226 Å².